The zero-order chi connectivity index (χ0) is 22.1. The number of hydrogen-bond donors (Lipinski definition) is 1. The lowest BCUT2D eigenvalue weighted by molar-refractivity contribution is -0.122. The van der Waals surface area contributed by atoms with E-state index < -0.39 is 0 Å². The average Bonchev–Trinajstić information content (AvgIpc) is 3.51. The van der Waals surface area contributed by atoms with E-state index in [0.717, 1.165) is 37.4 Å². The van der Waals surface area contributed by atoms with E-state index in [1.54, 1.807) is 18.4 Å². The Morgan fingerprint density at radius 1 is 1.25 bits per heavy atom. The van der Waals surface area contributed by atoms with E-state index in [4.69, 9.17) is 4.74 Å². The summed E-state index contributed by atoms with van der Waals surface area (Å²) in [7, 11) is 3.75. The van der Waals surface area contributed by atoms with Gasteiger partial charge in [-0.1, -0.05) is 30.3 Å². The summed E-state index contributed by atoms with van der Waals surface area (Å²) in [5.74, 6) is 0.0559. The monoisotopic (exact) mass is 450 g/mol. The maximum atomic E-state index is 12.9. The highest BCUT2D eigenvalue weighted by atomic mass is 32.1. The van der Waals surface area contributed by atoms with Crippen molar-refractivity contribution in [2.24, 2.45) is 7.05 Å². The number of nitrogens with zero attached hydrogens (tertiary/aromatic N) is 3. The molecular weight excluding hydrogens is 420 g/mol. The molecule has 1 aromatic carbocycles. The number of piperidine rings is 1. The molecule has 0 unspecified atom stereocenters. The first kappa shape index (κ1) is 21.4. The van der Waals surface area contributed by atoms with Gasteiger partial charge in [-0.15, -0.1) is 11.3 Å². The van der Waals surface area contributed by atoms with Gasteiger partial charge in [-0.05, 0) is 48.5 Å². The van der Waals surface area contributed by atoms with E-state index in [-0.39, 0.29) is 23.5 Å². The topological polar surface area (TPSA) is 59.4 Å². The van der Waals surface area contributed by atoms with Crippen molar-refractivity contribution in [2.45, 2.75) is 43.4 Å². The highest BCUT2D eigenvalue weighted by Gasteiger charge is 2.53. The maximum Gasteiger partial charge on any atom is 0.225 e. The number of aromatic nitrogens is 2. The van der Waals surface area contributed by atoms with Gasteiger partial charge < -0.3 is 10.1 Å². The molecule has 3 heterocycles. The van der Waals surface area contributed by atoms with Crippen LogP contribution in [0.3, 0.4) is 0 Å². The highest BCUT2D eigenvalue weighted by Crippen LogP contribution is 2.52. The number of fused-ring (bicyclic) bond motifs is 2. The van der Waals surface area contributed by atoms with Crippen LogP contribution < -0.4 is 5.32 Å². The summed E-state index contributed by atoms with van der Waals surface area (Å²) in [5, 5.41) is 9.63. The van der Waals surface area contributed by atoms with Gasteiger partial charge in [-0.3, -0.25) is 14.4 Å². The number of aryl methyl sites for hydroxylation is 1. The molecule has 1 aliphatic carbocycles. The second kappa shape index (κ2) is 8.81. The third-order valence-electron chi connectivity index (χ3n) is 7.08. The van der Waals surface area contributed by atoms with Gasteiger partial charge in [0.25, 0.3) is 0 Å². The van der Waals surface area contributed by atoms with Crippen LogP contribution in [-0.2, 0) is 35.0 Å². The number of carbonyl (C=O) groups is 1. The molecule has 1 spiro atoms. The minimum Gasteiger partial charge on any atom is -0.378 e. The lowest BCUT2D eigenvalue weighted by Gasteiger charge is -2.44. The lowest BCUT2D eigenvalue weighted by Crippen LogP contribution is -2.50. The molecule has 2 atom stereocenters. The fraction of sp³-hybridized carbons (Fsp3) is 0.440. The number of rotatable bonds is 6. The molecule has 168 valence electrons. The minimum absolute atomic E-state index is 0.0559. The fourth-order valence-corrected chi connectivity index (χ4v) is 6.35. The van der Waals surface area contributed by atoms with Crippen LogP contribution in [0.5, 0.6) is 0 Å². The molecule has 0 radical (unpaired) electrons. The van der Waals surface area contributed by atoms with E-state index in [0.29, 0.717) is 6.42 Å². The normalized spacial score (nSPS) is 22.2. The van der Waals surface area contributed by atoms with Gasteiger partial charge in [0.15, 0.2) is 0 Å². The molecule has 32 heavy (non-hydrogen) atoms. The third-order valence-corrected chi connectivity index (χ3v) is 7.95. The summed E-state index contributed by atoms with van der Waals surface area (Å²) in [4.78, 5) is 16.5. The van der Waals surface area contributed by atoms with Crippen molar-refractivity contribution in [3.63, 3.8) is 0 Å². The molecular formula is C25H30N4O2S. The molecule has 3 aromatic rings. The highest BCUT2D eigenvalue weighted by molar-refractivity contribution is 7.10. The Hall–Kier alpha value is -2.48. The third kappa shape index (κ3) is 3.89. The first-order chi connectivity index (χ1) is 15.6. The summed E-state index contributed by atoms with van der Waals surface area (Å²) < 4.78 is 8.01. The smallest absolute Gasteiger partial charge is 0.225 e. The van der Waals surface area contributed by atoms with E-state index in [1.165, 1.54) is 16.7 Å². The van der Waals surface area contributed by atoms with Crippen molar-refractivity contribution in [3.8, 4) is 0 Å². The van der Waals surface area contributed by atoms with E-state index >= 15 is 0 Å². The number of hydrogen-bond acceptors (Lipinski definition) is 5. The van der Waals surface area contributed by atoms with Crippen LogP contribution in [0.2, 0.25) is 0 Å². The summed E-state index contributed by atoms with van der Waals surface area (Å²) >= 11 is 1.62. The van der Waals surface area contributed by atoms with Crippen molar-refractivity contribution in [2.75, 3.05) is 20.2 Å². The number of benzene rings is 1. The summed E-state index contributed by atoms with van der Waals surface area (Å²) in [5.41, 5.74) is 3.73. The Bertz CT molecular complexity index is 1070. The summed E-state index contributed by atoms with van der Waals surface area (Å²) in [6.07, 6.45) is 6.42. The van der Waals surface area contributed by atoms with Gasteiger partial charge in [0.05, 0.1) is 24.8 Å². The standard InChI is InChI=1S/C25H30N4O2S/c1-28-16-18(15-26-28)17-29-11-9-25(10-12-29)21-8-4-3-7-20(21)23(24(25)31-2)27-22(30)14-19-6-5-13-32-19/h3-8,13,15-16,23-24H,9-12,14,17H2,1-2H3,(H,27,30)/t23-,24+/m1/s1. The molecule has 7 heteroatoms. The van der Waals surface area contributed by atoms with Crippen LogP contribution in [0.15, 0.2) is 54.2 Å². The number of methoxy groups -OCH3 is 1. The first-order valence-electron chi connectivity index (χ1n) is 11.2. The quantitative estimate of drug-likeness (QED) is 0.625. The summed E-state index contributed by atoms with van der Waals surface area (Å²) in [6, 6.07) is 12.5. The molecule has 5 rings (SSSR count). The van der Waals surface area contributed by atoms with Gasteiger partial charge in [-0.25, -0.2) is 0 Å². The zero-order valence-electron chi connectivity index (χ0n) is 18.7. The largest absolute Gasteiger partial charge is 0.378 e. The van der Waals surface area contributed by atoms with Gasteiger partial charge in [0, 0.05) is 42.8 Å². The predicted octanol–water partition coefficient (Wildman–Crippen LogP) is 3.44. The number of amides is 1. The SMILES string of the molecule is CO[C@H]1[C@H](NC(=O)Cc2cccs2)c2ccccc2C12CCN(Cc1cnn(C)c1)CC2. The van der Waals surface area contributed by atoms with Crippen molar-refractivity contribution >= 4 is 17.2 Å². The minimum atomic E-state index is -0.117. The van der Waals surface area contributed by atoms with Crippen molar-refractivity contribution in [1.82, 2.24) is 20.0 Å². The molecule has 6 nitrogen and oxygen atoms in total. The van der Waals surface area contributed by atoms with Crippen LogP contribution in [0.4, 0.5) is 0 Å². The van der Waals surface area contributed by atoms with Gasteiger partial charge in [0.1, 0.15) is 0 Å². The van der Waals surface area contributed by atoms with Crippen LogP contribution in [0, 0.1) is 0 Å². The molecule has 1 amide bonds. The van der Waals surface area contributed by atoms with E-state index in [2.05, 4.69) is 45.8 Å². The molecule has 0 bridgehead atoms. The Morgan fingerprint density at radius 3 is 2.75 bits per heavy atom. The molecule has 1 aliphatic heterocycles. The Balaban J connectivity index is 1.35. The van der Waals surface area contributed by atoms with Gasteiger partial charge in [0.2, 0.25) is 5.91 Å². The van der Waals surface area contributed by atoms with Crippen molar-refractivity contribution in [1.29, 1.82) is 0 Å². The van der Waals surface area contributed by atoms with Crippen LogP contribution >= 0.6 is 11.3 Å². The number of ether oxygens (including phenoxy) is 1. The zero-order valence-corrected chi connectivity index (χ0v) is 19.5. The van der Waals surface area contributed by atoms with Crippen LogP contribution in [0.1, 0.15) is 40.5 Å². The molecule has 0 saturated carbocycles. The second-order valence-corrected chi connectivity index (χ2v) is 10.0. The molecule has 2 aromatic heterocycles. The van der Waals surface area contributed by atoms with Crippen LogP contribution in [-0.4, -0.2) is 46.9 Å². The number of thiophene rings is 1. The Morgan fingerprint density at radius 2 is 2.06 bits per heavy atom. The van der Waals surface area contributed by atoms with E-state index in [9.17, 15) is 4.79 Å². The van der Waals surface area contributed by atoms with Gasteiger partial charge in [-0.2, -0.15) is 5.10 Å². The number of carbonyl (C=O) groups excluding carboxylic acids is 1. The fourth-order valence-electron chi connectivity index (χ4n) is 5.64. The number of likely N-dealkylation sites (tertiary alicyclic amines) is 1. The van der Waals surface area contributed by atoms with Gasteiger partial charge >= 0.3 is 0 Å². The molecule has 1 saturated heterocycles. The maximum absolute atomic E-state index is 12.9. The second-order valence-electron chi connectivity index (χ2n) is 9.00. The Kier molecular flexibility index (Phi) is 5.88. The summed E-state index contributed by atoms with van der Waals surface area (Å²) in [6.45, 7) is 2.92. The Labute approximate surface area is 193 Å². The molecule has 1 N–H and O–H groups in total. The predicted molar refractivity (Wildman–Crippen MR) is 126 cm³/mol. The lowest BCUT2D eigenvalue weighted by atomic mass is 9.72. The van der Waals surface area contributed by atoms with Crippen molar-refractivity contribution < 1.29 is 9.53 Å². The van der Waals surface area contributed by atoms with Crippen LogP contribution in [0.25, 0.3) is 0 Å². The molecule has 2 aliphatic rings. The number of nitrogens with one attached hydrogen (secondary N) is 1. The first-order valence-corrected chi connectivity index (χ1v) is 12.1. The van der Waals surface area contributed by atoms with E-state index in [1.807, 2.05) is 35.4 Å². The average molecular weight is 451 g/mol. The van der Waals surface area contributed by atoms with Crippen molar-refractivity contribution in [3.05, 3.63) is 75.7 Å². The molecule has 1 fully saturated rings.